The van der Waals surface area contributed by atoms with E-state index in [-0.39, 0.29) is 5.91 Å². The van der Waals surface area contributed by atoms with Crippen molar-refractivity contribution in [3.05, 3.63) is 28.2 Å². The zero-order valence-corrected chi connectivity index (χ0v) is 13.9. The van der Waals surface area contributed by atoms with Crippen LogP contribution in [0.4, 0.5) is 0 Å². The Morgan fingerprint density at radius 1 is 1.47 bits per heavy atom. The van der Waals surface area contributed by atoms with Crippen LogP contribution in [0.5, 0.6) is 0 Å². The molecule has 1 aliphatic rings. The standard InChI is InChI=1S/C15H20BrNOS/c1-10(2)7-8-17(11-3-4-11)15(18)13-9-12(19)5-6-14(13)16/h5-6,9-11,19H,3-4,7-8H2,1-2H3. The summed E-state index contributed by atoms with van der Waals surface area (Å²) in [4.78, 5) is 15.5. The fraction of sp³-hybridized carbons (Fsp3) is 0.533. The van der Waals surface area contributed by atoms with Crippen LogP contribution in [0.25, 0.3) is 0 Å². The molecule has 0 radical (unpaired) electrons. The molecule has 0 unspecified atom stereocenters. The molecule has 1 aromatic carbocycles. The molecule has 1 saturated carbocycles. The Morgan fingerprint density at radius 2 is 2.16 bits per heavy atom. The predicted octanol–water partition coefficient (Wildman–Crippen LogP) is 4.39. The van der Waals surface area contributed by atoms with Gasteiger partial charge < -0.3 is 4.90 Å². The first-order chi connectivity index (χ1) is 8.99. The Hall–Kier alpha value is -0.480. The summed E-state index contributed by atoms with van der Waals surface area (Å²) in [6.07, 6.45) is 3.34. The maximum atomic E-state index is 12.7. The van der Waals surface area contributed by atoms with Gasteiger partial charge in [0, 0.05) is 22.0 Å². The van der Waals surface area contributed by atoms with E-state index in [9.17, 15) is 4.79 Å². The Kier molecular flexibility index (Phi) is 4.96. The fourth-order valence-corrected chi connectivity index (χ4v) is 2.69. The third-order valence-electron chi connectivity index (χ3n) is 3.38. The average Bonchev–Trinajstić information content (AvgIpc) is 3.16. The Bertz CT molecular complexity index is 471. The normalized spacial score (nSPS) is 14.8. The highest BCUT2D eigenvalue weighted by molar-refractivity contribution is 9.10. The maximum Gasteiger partial charge on any atom is 0.255 e. The summed E-state index contributed by atoms with van der Waals surface area (Å²) in [7, 11) is 0. The van der Waals surface area contributed by atoms with Gasteiger partial charge in [-0.3, -0.25) is 4.79 Å². The van der Waals surface area contributed by atoms with Crippen LogP contribution in [0.1, 0.15) is 43.5 Å². The molecule has 2 rings (SSSR count). The van der Waals surface area contributed by atoms with Crippen molar-refractivity contribution in [2.45, 2.75) is 44.0 Å². The van der Waals surface area contributed by atoms with E-state index in [0.29, 0.717) is 12.0 Å². The maximum absolute atomic E-state index is 12.7. The number of rotatable bonds is 5. The molecule has 0 aliphatic heterocycles. The Balaban J connectivity index is 2.16. The third kappa shape index (κ3) is 3.99. The van der Waals surface area contributed by atoms with E-state index in [1.54, 1.807) is 0 Å². The first-order valence-corrected chi connectivity index (χ1v) is 8.02. The molecule has 0 N–H and O–H groups in total. The number of halogens is 1. The Labute approximate surface area is 129 Å². The lowest BCUT2D eigenvalue weighted by molar-refractivity contribution is 0.0734. The molecule has 19 heavy (non-hydrogen) atoms. The lowest BCUT2D eigenvalue weighted by Gasteiger charge is -2.24. The minimum Gasteiger partial charge on any atom is -0.336 e. The number of carbonyl (C=O) groups is 1. The zero-order valence-electron chi connectivity index (χ0n) is 11.4. The van der Waals surface area contributed by atoms with Gasteiger partial charge in [-0.2, -0.15) is 0 Å². The molecule has 104 valence electrons. The number of nitrogens with zero attached hydrogens (tertiary/aromatic N) is 1. The summed E-state index contributed by atoms with van der Waals surface area (Å²) >= 11 is 7.79. The van der Waals surface area contributed by atoms with Crippen molar-refractivity contribution >= 4 is 34.5 Å². The van der Waals surface area contributed by atoms with Crippen molar-refractivity contribution in [2.75, 3.05) is 6.54 Å². The minimum absolute atomic E-state index is 0.130. The summed E-state index contributed by atoms with van der Waals surface area (Å²) in [6, 6.07) is 6.07. The van der Waals surface area contributed by atoms with Gasteiger partial charge in [0.25, 0.3) is 5.91 Å². The smallest absolute Gasteiger partial charge is 0.255 e. The summed E-state index contributed by atoms with van der Waals surface area (Å²) in [6.45, 7) is 5.24. The quantitative estimate of drug-likeness (QED) is 0.787. The van der Waals surface area contributed by atoms with Crippen molar-refractivity contribution in [1.29, 1.82) is 0 Å². The largest absolute Gasteiger partial charge is 0.336 e. The summed E-state index contributed by atoms with van der Waals surface area (Å²) in [5.74, 6) is 0.750. The van der Waals surface area contributed by atoms with Gasteiger partial charge in [-0.15, -0.1) is 12.6 Å². The predicted molar refractivity (Wildman–Crippen MR) is 84.9 cm³/mol. The van der Waals surface area contributed by atoms with E-state index >= 15 is 0 Å². The number of thiol groups is 1. The van der Waals surface area contributed by atoms with Crippen LogP contribution in [-0.4, -0.2) is 23.4 Å². The number of hydrogen-bond acceptors (Lipinski definition) is 2. The summed E-state index contributed by atoms with van der Waals surface area (Å²) < 4.78 is 0.852. The van der Waals surface area contributed by atoms with E-state index in [0.717, 1.165) is 40.7 Å². The minimum atomic E-state index is 0.130. The molecular formula is C15H20BrNOS. The first-order valence-electron chi connectivity index (χ1n) is 6.78. The molecule has 1 amide bonds. The van der Waals surface area contributed by atoms with E-state index < -0.39 is 0 Å². The topological polar surface area (TPSA) is 20.3 Å². The van der Waals surface area contributed by atoms with Gasteiger partial charge >= 0.3 is 0 Å². The second-order valence-electron chi connectivity index (χ2n) is 5.58. The van der Waals surface area contributed by atoms with Crippen LogP contribution in [0, 0.1) is 5.92 Å². The van der Waals surface area contributed by atoms with Crippen molar-refractivity contribution < 1.29 is 4.79 Å². The SMILES string of the molecule is CC(C)CCN(C(=O)c1cc(S)ccc1Br)C1CC1. The number of amides is 1. The molecule has 0 heterocycles. The van der Waals surface area contributed by atoms with E-state index in [2.05, 4.69) is 42.4 Å². The molecular weight excluding hydrogens is 322 g/mol. The molecule has 0 atom stereocenters. The van der Waals surface area contributed by atoms with Gasteiger partial charge in [0.1, 0.15) is 0 Å². The van der Waals surface area contributed by atoms with Gasteiger partial charge in [0.2, 0.25) is 0 Å². The van der Waals surface area contributed by atoms with Crippen molar-refractivity contribution in [2.24, 2.45) is 5.92 Å². The second kappa shape index (κ2) is 6.31. The van der Waals surface area contributed by atoms with Gasteiger partial charge in [0.15, 0.2) is 0 Å². The fourth-order valence-electron chi connectivity index (χ4n) is 2.07. The molecule has 1 aromatic rings. The molecule has 2 nitrogen and oxygen atoms in total. The van der Waals surface area contributed by atoms with Crippen LogP contribution in [-0.2, 0) is 0 Å². The number of carbonyl (C=O) groups excluding carboxylic acids is 1. The van der Waals surface area contributed by atoms with Crippen LogP contribution >= 0.6 is 28.6 Å². The van der Waals surface area contributed by atoms with E-state index in [1.807, 2.05) is 23.1 Å². The Morgan fingerprint density at radius 3 is 2.74 bits per heavy atom. The molecule has 1 fully saturated rings. The third-order valence-corrected chi connectivity index (χ3v) is 4.35. The second-order valence-corrected chi connectivity index (χ2v) is 6.95. The molecule has 4 heteroatoms. The summed E-state index contributed by atoms with van der Waals surface area (Å²) in [5, 5.41) is 0. The van der Waals surface area contributed by atoms with Gasteiger partial charge in [0.05, 0.1) is 5.56 Å². The monoisotopic (exact) mass is 341 g/mol. The highest BCUT2D eigenvalue weighted by Crippen LogP contribution is 2.31. The van der Waals surface area contributed by atoms with E-state index in [4.69, 9.17) is 0 Å². The first kappa shape index (κ1) is 14.9. The molecule has 0 spiro atoms. The number of benzene rings is 1. The molecule has 0 aromatic heterocycles. The zero-order chi connectivity index (χ0) is 14.0. The van der Waals surface area contributed by atoms with Crippen molar-refractivity contribution in [1.82, 2.24) is 4.90 Å². The average molecular weight is 342 g/mol. The van der Waals surface area contributed by atoms with Crippen LogP contribution in [0.3, 0.4) is 0 Å². The van der Waals surface area contributed by atoms with Crippen LogP contribution in [0.2, 0.25) is 0 Å². The van der Waals surface area contributed by atoms with Crippen molar-refractivity contribution in [3.8, 4) is 0 Å². The van der Waals surface area contributed by atoms with E-state index in [1.165, 1.54) is 0 Å². The molecule has 1 aliphatic carbocycles. The highest BCUT2D eigenvalue weighted by Gasteiger charge is 2.33. The van der Waals surface area contributed by atoms with Crippen LogP contribution in [0.15, 0.2) is 27.6 Å². The highest BCUT2D eigenvalue weighted by atomic mass is 79.9. The summed E-state index contributed by atoms with van der Waals surface area (Å²) in [5.41, 5.74) is 0.725. The molecule has 0 bridgehead atoms. The number of hydrogen-bond donors (Lipinski definition) is 1. The lowest BCUT2D eigenvalue weighted by Crippen LogP contribution is -2.34. The van der Waals surface area contributed by atoms with Crippen molar-refractivity contribution in [3.63, 3.8) is 0 Å². The molecule has 0 saturated heterocycles. The lowest BCUT2D eigenvalue weighted by atomic mass is 10.1. The van der Waals surface area contributed by atoms with Crippen LogP contribution < -0.4 is 0 Å². The van der Waals surface area contributed by atoms with Gasteiger partial charge in [-0.05, 0) is 59.3 Å². The van der Waals surface area contributed by atoms with Gasteiger partial charge in [-0.1, -0.05) is 13.8 Å². The van der Waals surface area contributed by atoms with Gasteiger partial charge in [-0.25, -0.2) is 0 Å².